The standard InChI is InChI=1S/C17H17ClN2O3S/c1-11-2-5-13(18)10-16(11)20-24(22,23)15-8-3-12(4-9-15)17(21)19-14-6-7-14/h2-5,8-10,14,20H,6-7H2,1H3,(H,19,21). The van der Waals surface area contributed by atoms with Crippen molar-refractivity contribution in [1.82, 2.24) is 5.32 Å². The van der Waals surface area contributed by atoms with E-state index in [4.69, 9.17) is 11.6 Å². The molecule has 7 heteroatoms. The molecule has 0 bridgehead atoms. The van der Waals surface area contributed by atoms with Gasteiger partial charge in [0.1, 0.15) is 0 Å². The zero-order valence-corrected chi connectivity index (χ0v) is 14.6. The van der Waals surface area contributed by atoms with E-state index in [0.717, 1.165) is 18.4 Å². The molecule has 0 heterocycles. The Morgan fingerprint density at radius 1 is 1.12 bits per heavy atom. The third-order valence-corrected chi connectivity index (χ3v) is 5.40. The molecule has 2 aromatic rings. The molecule has 1 aliphatic rings. The van der Waals surface area contributed by atoms with Gasteiger partial charge in [0, 0.05) is 16.6 Å². The first-order valence-electron chi connectivity index (χ1n) is 7.55. The summed E-state index contributed by atoms with van der Waals surface area (Å²) in [4.78, 5) is 12.0. The summed E-state index contributed by atoms with van der Waals surface area (Å²) in [5, 5.41) is 3.31. The highest BCUT2D eigenvalue weighted by atomic mass is 35.5. The van der Waals surface area contributed by atoms with Gasteiger partial charge >= 0.3 is 0 Å². The number of benzene rings is 2. The van der Waals surface area contributed by atoms with E-state index < -0.39 is 10.0 Å². The SMILES string of the molecule is Cc1ccc(Cl)cc1NS(=O)(=O)c1ccc(C(=O)NC2CC2)cc1. The van der Waals surface area contributed by atoms with E-state index in [9.17, 15) is 13.2 Å². The van der Waals surface area contributed by atoms with Crippen LogP contribution in [0.25, 0.3) is 0 Å². The molecule has 1 aliphatic carbocycles. The Labute approximate surface area is 146 Å². The Balaban J connectivity index is 1.79. The fourth-order valence-electron chi connectivity index (χ4n) is 2.19. The van der Waals surface area contributed by atoms with E-state index in [-0.39, 0.29) is 16.8 Å². The van der Waals surface area contributed by atoms with Crippen LogP contribution in [-0.4, -0.2) is 20.4 Å². The normalized spacial score (nSPS) is 14.2. The van der Waals surface area contributed by atoms with Crippen molar-refractivity contribution < 1.29 is 13.2 Å². The summed E-state index contributed by atoms with van der Waals surface area (Å²) in [6.07, 6.45) is 2.00. The minimum atomic E-state index is -3.75. The van der Waals surface area contributed by atoms with Crippen LogP contribution in [0.5, 0.6) is 0 Å². The van der Waals surface area contributed by atoms with Crippen LogP contribution in [0.1, 0.15) is 28.8 Å². The second-order valence-electron chi connectivity index (χ2n) is 5.84. The second-order valence-corrected chi connectivity index (χ2v) is 7.96. The summed E-state index contributed by atoms with van der Waals surface area (Å²) in [6.45, 7) is 1.79. The molecule has 126 valence electrons. The van der Waals surface area contributed by atoms with Gasteiger partial charge in [-0.05, 0) is 61.7 Å². The minimum Gasteiger partial charge on any atom is -0.349 e. The molecule has 0 unspecified atom stereocenters. The molecule has 0 spiro atoms. The van der Waals surface area contributed by atoms with Crippen molar-refractivity contribution in [1.29, 1.82) is 0 Å². The van der Waals surface area contributed by atoms with Gasteiger partial charge in [0.15, 0.2) is 0 Å². The molecule has 24 heavy (non-hydrogen) atoms. The van der Waals surface area contributed by atoms with Crippen molar-refractivity contribution in [3.05, 3.63) is 58.6 Å². The van der Waals surface area contributed by atoms with Crippen molar-refractivity contribution in [2.45, 2.75) is 30.7 Å². The van der Waals surface area contributed by atoms with Gasteiger partial charge in [-0.15, -0.1) is 0 Å². The summed E-state index contributed by atoms with van der Waals surface area (Å²) in [5.41, 5.74) is 1.64. The van der Waals surface area contributed by atoms with Crippen LogP contribution in [0.4, 0.5) is 5.69 Å². The topological polar surface area (TPSA) is 75.3 Å². The molecule has 0 atom stereocenters. The van der Waals surface area contributed by atoms with Crippen LogP contribution in [-0.2, 0) is 10.0 Å². The average Bonchev–Trinajstić information content (AvgIpc) is 3.35. The molecule has 0 radical (unpaired) electrons. The fourth-order valence-corrected chi connectivity index (χ4v) is 3.48. The van der Waals surface area contributed by atoms with Gasteiger partial charge in [0.05, 0.1) is 10.6 Å². The molecule has 2 aromatic carbocycles. The summed E-state index contributed by atoms with van der Waals surface area (Å²) in [6, 6.07) is 11.1. The third kappa shape index (κ3) is 3.88. The molecule has 1 saturated carbocycles. The largest absolute Gasteiger partial charge is 0.349 e. The Morgan fingerprint density at radius 3 is 2.42 bits per heavy atom. The molecule has 3 rings (SSSR count). The molecule has 0 aliphatic heterocycles. The van der Waals surface area contributed by atoms with Gasteiger partial charge < -0.3 is 5.32 Å². The predicted octanol–water partition coefficient (Wildman–Crippen LogP) is 3.34. The number of halogens is 1. The van der Waals surface area contributed by atoms with Crippen molar-refractivity contribution in [3.63, 3.8) is 0 Å². The van der Waals surface area contributed by atoms with E-state index >= 15 is 0 Å². The van der Waals surface area contributed by atoms with E-state index in [0.29, 0.717) is 16.3 Å². The lowest BCUT2D eigenvalue weighted by atomic mass is 10.2. The maximum absolute atomic E-state index is 12.5. The number of hydrogen-bond donors (Lipinski definition) is 2. The number of hydrogen-bond acceptors (Lipinski definition) is 3. The second kappa shape index (κ2) is 6.45. The summed E-state index contributed by atoms with van der Waals surface area (Å²) in [5.74, 6) is -0.180. The van der Waals surface area contributed by atoms with Gasteiger partial charge in [-0.1, -0.05) is 17.7 Å². The van der Waals surface area contributed by atoms with Crippen LogP contribution in [0, 0.1) is 6.92 Å². The summed E-state index contributed by atoms with van der Waals surface area (Å²) < 4.78 is 27.5. The number of sulfonamides is 1. The van der Waals surface area contributed by atoms with E-state index in [1.165, 1.54) is 24.3 Å². The lowest BCUT2D eigenvalue weighted by molar-refractivity contribution is 0.0951. The van der Waals surface area contributed by atoms with Gasteiger partial charge in [-0.2, -0.15) is 0 Å². The Hall–Kier alpha value is -2.05. The highest BCUT2D eigenvalue weighted by molar-refractivity contribution is 7.92. The van der Waals surface area contributed by atoms with Crippen LogP contribution < -0.4 is 10.0 Å². The molecule has 5 nitrogen and oxygen atoms in total. The molecule has 0 aromatic heterocycles. The number of carbonyl (C=O) groups excluding carboxylic acids is 1. The van der Waals surface area contributed by atoms with Gasteiger partial charge in [0.2, 0.25) is 0 Å². The molecule has 0 saturated heterocycles. The van der Waals surface area contributed by atoms with Gasteiger partial charge in [-0.3, -0.25) is 9.52 Å². The Kier molecular flexibility index (Phi) is 4.51. The lowest BCUT2D eigenvalue weighted by Crippen LogP contribution is -2.25. The molecular weight excluding hydrogens is 348 g/mol. The highest BCUT2D eigenvalue weighted by Gasteiger charge is 2.24. The van der Waals surface area contributed by atoms with Crippen LogP contribution >= 0.6 is 11.6 Å². The number of carbonyl (C=O) groups is 1. The third-order valence-electron chi connectivity index (χ3n) is 3.78. The smallest absolute Gasteiger partial charge is 0.261 e. The number of anilines is 1. The van der Waals surface area contributed by atoms with Crippen LogP contribution in [0.15, 0.2) is 47.4 Å². The predicted molar refractivity (Wildman–Crippen MR) is 93.9 cm³/mol. The average molecular weight is 365 g/mol. The van der Waals surface area contributed by atoms with Crippen molar-refractivity contribution in [3.8, 4) is 0 Å². The zero-order chi connectivity index (χ0) is 17.3. The summed E-state index contributed by atoms with van der Waals surface area (Å²) in [7, 11) is -3.75. The number of rotatable bonds is 5. The van der Waals surface area contributed by atoms with Gasteiger partial charge in [-0.25, -0.2) is 8.42 Å². The van der Waals surface area contributed by atoms with Crippen molar-refractivity contribution in [2.24, 2.45) is 0 Å². The van der Waals surface area contributed by atoms with Crippen molar-refractivity contribution in [2.75, 3.05) is 4.72 Å². The number of nitrogens with one attached hydrogen (secondary N) is 2. The Morgan fingerprint density at radius 2 is 1.79 bits per heavy atom. The highest BCUT2D eigenvalue weighted by Crippen LogP contribution is 2.24. The molecule has 1 amide bonds. The quantitative estimate of drug-likeness (QED) is 0.854. The monoisotopic (exact) mass is 364 g/mol. The first-order chi connectivity index (χ1) is 11.3. The lowest BCUT2D eigenvalue weighted by Gasteiger charge is -2.11. The van der Waals surface area contributed by atoms with Crippen molar-refractivity contribution >= 4 is 33.2 Å². The Bertz CT molecular complexity index is 875. The number of aryl methyl sites for hydroxylation is 1. The van der Waals surface area contributed by atoms with E-state index in [1.807, 2.05) is 0 Å². The first-order valence-corrected chi connectivity index (χ1v) is 9.41. The zero-order valence-electron chi connectivity index (χ0n) is 13.0. The fraction of sp³-hybridized carbons (Fsp3) is 0.235. The van der Waals surface area contributed by atoms with E-state index in [2.05, 4.69) is 10.0 Å². The molecular formula is C17H17ClN2O3S. The first kappa shape index (κ1) is 16.8. The van der Waals surface area contributed by atoms with Crippen LogP contribution in [0.2, 0.25) is 5.02 Å². The van der Waals surface area contributed by atoms with Gasteiger partial charge in [0.25, 0.3) is 15.9 Å². The minimum absolute atomic E-state index is 0.0878. The van der Waals surface area contributed by atoms with Crippen LogP contribution in [0.3, 0.4) is 0 Å². The summed E-state index contributed by atoms with van der Waals surface area (Å²) >= 11 is 5.91. The number of amides is 1. The molecule has 2 N–H and O–H groups in total. The maximum Gasteiger partial charge on any atom is 0.261 e. The maximum atomic E-state index is 12.5. The molecule has 1 fully saturated rings. The van der Waals surface area contributed by atoms with E-state index in [1.54, 1.807) is 25.1 Å².